The second-order valence-electron chi connectivity index (χ2n) is 6.00. The van der Waals surface area contributed by atoms with E-state index in [0.717, 1.165) is 44.8 Å². The van der Waals surface area contributed by atoms with E-state index in [0.29, 0.717) is 6.54 Å². The van der Waals surface area contributed by atoms with Gasteiger partial charge in [-0.1, -0.05) is 0 Å². The van der Waals surface area contributed by atoms with Crippen molar-refractivity contribution in [1.29, 1.82) is 0 Å². The minimum atomic E-state index is -0.215. The number of methoxy groups -OCH3 is 1. The van der Waals surface area contributed by atoms with E-state index in [4.69, 9.17) is 9.47 Å². The standard InChI is InChI=1S/C16H23N3O3/c1-21-10-9-18-7-4-16(5-8-18)13-19(15(20)12-22-16)14-3-2-6-17-11-14/h2-3,6,11H,4-5,7-10,12-13H2,1H3. The Morgan fingerprint density at radius 2 is 2.23 bits per heavy atom. The average Bonchev–Trinajstić information content (AvgIpc) is 2.58. The second-order valence-corrected chi connectivity index (χ2v) is 6.00. The maximum absolute atomic E-state index is 12.2. The van der Waals surface area contributed by atoms with E-state index in [1.54, 1.807) is 19.5 Å². The van der Waals surface area contributed by atoms with Crippen LogP contribution in [0.2, 0.25) is 0 Å². The summed E-state index contributed by atoms with van der Waals surface area (Å²) in [6, 6.07) is 3.79. The molecule has 2 saturated heterocycles. The lowest BCUT2D eigenvalue weighted by Crippen LogP contribution is -2.59. The van der Waals surface area contributed by atoms with Gasteiger partial charge in [-0.15, -0.1) is 0 Å². The minimum Gasteiger partial charge on any atom is -0.383 e. The van der Waals surface area contributed by atoms with Crippen molar-refractivity contribution in [2.45, 2.75) is 18.4 Å². The van der Waals surface area contributed by atoms with Gasteiger partial charge in [0.15, 0.2) is 0 Å². The molecule has 0 unspecified atom stereocenters. The number of amides is 1. The number of morpholine rings is 1. The Morgan fingerprint density at radius 1 is 1.41 bits per heavy atom. The summed E-state index contributed by atoms with van der Waals surface area (Å²) in [5, 5.41) is 0. The molecule has 1 amide bonds. The van der Waals surface area contributed by atoms with Gasteiger partial charge >= 0.3 is 0 Å². The Balaban J connectivity index is 1.65. The first-order valence-electron chi connectivity index (χ1n) is 7.78. The minimum absolute atomic E-state index is 0.0143. The smallest absolute Gasteiger partial charge is 0.253 e. The molecule has 1 spiro atoms. The predicted octanol–water partition coefficient (Wildman–Crippen LogP) is 0.926. The molecule has 0 N–H and O–H groups in total. The third-order valence-corrected chi connectivity index (χ3v) is 4.59. The quantitative estimate of drug-likeness (QED) is 0.828. The summed E-state index contributed by atoms with van der Waals surface area (Å²) < 4.78 is 11.1. The lowest BCUT2D eigenvalue weighted by Gasteiger charge is -2.46. The topological polar surface area (TPSA) is 54.9 Å². The van der Waals surface area contributed by atoms with E-state index in [1.165, 1.54) is 0 Å². The van der Waals surface area contributed by atoms with Gasteiger partial charge in [0.05, 0.1) is 30.6 Å². The summed E-state index contributed by atoms with van der Waals surface area (Å²) in [5.41, 5.74) is 0.643. The van der Waals surface area contributed by atoms with E-state index < -0.39 is 0 Å². The molecular weight excluding hydrogens is 282 g/mol. The van der Waals surface area contributed by atoms with Crippen molar-refractivity contribution in [3.8, 4) is 0 Å². The Hall–Kier alpha value is -1.50. The molecule has 0 aliphatic carbocycles. The number of carbonyl (C=O) groups is 1. The second kappa shape index (κ2) is 6.73. The van der Waals surface area contributed by atoms with Gasteiger partial charge in [-0.2, -0.15) is 0 Å². The summed E-state index contributed by atoms with van der Waals surface area (Å²) in [7, 11) is 1.73. The van der Waals surface area contributed by atoms with Crippen LogP contribution in [0.25, 0.3) is 0 Å². The highest BCUT2D eigenvalue weighted by atomic mass is 16.5. The number of piperidine rings is 1. The number of hydrogen-bond donors (Lipinski definition) is 0. The fraction of sp³-hybridized carbons (Fsp3) is 0.625. The molecule has 1 aromatic rings. The third kappa shape index (κ3) is 3.29. The number of ether oxygens (including phenoxy) is 2. The zero-order chi connectivity index (χ0) is 15.4. The van der Waals surface area contributed by atoms with Crippen molar-refractivity contribution < 1.29 is 14.3 Å². The van der Waals surface area contributed by atoms with Gasteiger partial charge in [0.25, 0.3) is 5.91 Å². The van der Waals surface area contributed by atoms with E-state index >= 15 is 0 Å². The zero-order valence-corrected chi connectivity index (χ0v) is 13.0. The molecule has 3 rings (SSSR count). The van der Waals surface area contributed by atoms with E-state index in [-0.39, 0.29) is 18.1 Å². The van der Waals surface area contributed by atoms with Crippen LogP contribution < -0.4 is 4.90 Å². The molecule has 6 heteroatoms. The van der Waals surface area contributed by atoms with Crippen molar-refractivity contribution in [2.24, 2.45) is 0 Å². The number of nitrogens with zero attached hydrogens (tertiary/aromatic N) is 3. The fourth-order valence-electron chi connectivity index (χ4n) is 3.17. The molecular formula is C16H23N3O3. The van der Waals surface area contributed by atoms with Gasteiger partial charge in [-0.25, -0.2) is 0 Å². The summed E-state index contributed by atoms with van der Waals surface area (Å²) in [6.45, 7) is 4.46. The molecule has 0 saturated carbocycles. The van der Waals surface area contributed by atoms with Crippen molar-refractivity contribution in [3.63, 3.8) is 0 Å². The van der Waals surface area contributed by atoms with Gasteiger partial charge in [0.2, 0.25) is 0 Å². The van der Waals surface area contributed by atoms with E-state index in [1.807, 2.05) is 17.0 Å². The largest absolute Gasteiger partial charge is 0.383 e. The number of aromatic nitrogens is 1. The number of carbonyl (C=O) groups excluding carboxylic acids is 1. The summed E-state index contributed by atoms with van der Waals surface area (Å²) in [5.74, 6) is 0.0143. The molecule has 0 bridgehead atoms. The Morgan fingerprint density at radius 3 is 2.91 bits per heavy atom. The molecule has 6 nitrogen and oxygen atoms in total. The Bertz CT molecular complexity index is 501. The number of hydrogen-bond acceptors (Lipinski definition) is 5. The number of rotatable bonds is 4. The molecule has 0 radical (unpaired) electrons. The van der Waals surface area contributed by atoms with Crippen LogP contribution in [0.1, 0.15) is 12.8 Å². The number of pyridine rings is 1. The molecule has 2 aliphatic rings. The lowest BCUT2D eigenvalue weighted by atomic mass is 9.89. The van der Waals surface area contributed by atoms with Crippen molar-refractivity contribution >= 4 is 11.6 Å². The van der Waals surface area contributed by atoms with Crippen LogP contribution in [0.4, 0.5) is 5.69 Å². The van der Waals surface area contributed by atoms with Gasteiger partial charge in [-0.3, -0.25) is 9.78 Å². The third-order valence-electron chi connectivity index (χ3n) is 4.59. The lowest BCUT2D eigenvalue weighted by molar-refractivity contribution is -0.144. The average molecular weight is 305 g/mol. The maximum Gasteiger partial charge on any atom is 0.253 e. The van der Waals surface area contributed by atoms with Crippen LogP contribution >= 0.6 is 0 Å². The zero-order valence-electron chi connectivity index (χ0n) is 13.0. The highest BCUT2D eigenvalue weighted by Gasteiger charge is 2.42. The maximum atomic E-state index is 12.2. The van der Waals surface area contributed by atoms with Crippen molar-refractivity contribution in [1.82, 2.24) is 9.88 Å². The van der Waals surface area contributed by atoms with Crippen LogP contribution in [0.3, 0.4) is 0 Å². The Kier molecular flexibility index (Phi) is 4.71. The first kappa shape index (κ1) is 15.4. The first-order valence-corrected chi connectivity index (χ1v) is 7.78. The van der Waals surface area contributed by atoms with Crippen LogP contribution in [-0.2, 0) is 14.3 Å². The highest BCUT2D eigenvalue weighted by Crippen LogP contribution is 2.32. The van der Waals surface area contributed by atoms with Crippen LogP contribution in [0, 0.1) is 0 Å². The molecule has 2 aliphatic heterocycles. The van der Waals surface area contributed by atoms with Gasteiger partial charge in [-0.05, 0) is 25.0 Å². The fourth-order valence-corrected chi connectivity index (χ4v) is 3.17. The molecule has 120 valence electrons. The van der Waals surface area contributed by atoms with Crippen molar-refractivity contribution in [2.75, 3.05) is 51.4 Å². The van der Waals surface area contributed by atoms with E-state index in [2.05, 4.69) is 9.88 Å². The first-order chi connectivity index (χ1) is 10.7. The molecule has 1 aromatic heterocycles. The Labute approximate surface area is 131 Å². The highest BCUT2D eigenvalue weighted by molar-refractivity contribution is 5.95. The molecule has 0 atom stereocenters. The van der Waals surface area contributed by atoms with Gasteiger partial charge in [0.1, 0.15) is 6.61 Å². The monoisotopic (exact) mass is 305 g/mol. The summed E-state index contributed by atoms with van der Waals surface area (Å²) in [6.07, 6.45) is 5.35. The predicted molar refractivity (Wildman–Crippen MR) is 82.8 cm³/mol. The molecule has 0 aromatic carbocycles. The van der Waals surface area contributed by atoms with E-state index in [9.17, 15) is 4.79 Å². The van der Waals surface area contributed by atoms with Crippen molar-refractivity contribution in [3.05, 3.63) is 24.5 Å². The summed E-state index contributed by atoms with van der Waals surface area (Å²) >= 11 is 0. The number of likely N-dealkylation sites (tertiary alicyclic amines) is 1. The van der Waals surface area contributed by atoms with Gasteiger partial charge in [0, 0.05) is 32.9 Å². The SMILES string of the molecule is COCCN1CCC2(CC1)CN(c1cccnc1)C(=O)CO2. The number of anilines is 1. The van der Waals surface area contributed by atoms with Gasteiger partial charge < -0.3 is 19.3 Å². The normalized spacial score (nSPS) is 22.2. The molecule has 3 heterocycles. The van der Waals surface area contributed by atoms with Crippen LogP contribution in [0.5, 0.6) is 0 Å². The summed E-state index contributed by atoms with van der Waals surface area (Å²) in [4.78, 5) is 20.5. The van der Waals surface area contributed by atoms with Crippen LogP contribution in [-0.4, -0.2) is 67.9 Å². The molecule has 22 heavy (non-hydrogen) atoms. The molecule has 2 fully saturated rings. The van der Waals surface area contributed by atoms with Crippen LogP contribution in [0.15, 0.2) is 24.5 Å².